The van der Waals surface area contributed by atoms with Gasteiger partial charge in [-0.25, -0.2) is 0 Å². The molecule has 0 amide bonds. The molecule has 3 aromatic carbocycles. The molecule has 0 aliphatic carbocycles. The first kappa shape index (κ1) is 25.4. The average Bonchev–Trinajstić information content (AvgIpc) is 3.09. The highest BCUT2D eigenvalue weighted by Crippen LogP contribution is 2.42. The first-order valence-corrected chi connectivity index (χ1v) is 14.8. The van der Waals surface area contributed by atoms with Crippen molar-refractivity contribution in [2.45, 2.75) is 57.7 Å². The molecule has 0 bridgehead atoms. The van der Waals surface area contributed by atoms with Crippen LogP contribution in [0.4, 0.5) is 0 Å². The Balaban J connectivity index is 2.04. The Morgan fingerprint density at radius 3 is 1.46 bits per heavy atom. The predicted molar refractivity (Wildman–Crippen MR) is 152 cm³/mol. The molecule has 4 rings (SSSR count). The van der Waals surface area contributed by atoms with E-state index >= 15 is 0 Å². The Bertz CT molecular complexity index is 1030. The maximum absolute atomic E-state index is 6.79. The van der Waals surface area contributed by atoms with Crippen LogP contribution >= 0.6 is 0 Å². The van der Waals surface area contributed by atoms with Crippen LogP contribution < -0.4 is 15.6 Å². The summed E-state index contributed by atoms with van der Waals surface area (Å²) in [6, 6.07) is 33.0. The predicted octanol–water partition coefficient (Wildman–Crippen LogP) is 5.68. The molecule has 35 heavy (non-hydrogen) atoms. The van der Waals surface area contributed by atoms with E-state index in [1.54, 1.807) is 0 Å². The van der Waals surface area contributed by atoms with Crippen LogP contribution in [0.15, 0.2) is 115 Å². The van der Waals surface area contributed by atoms with Gasteiger partial charge in [0.2, 0.25) is 0 Å². The van der Waals surface area contributed by atoms with Crippen molar-refractivity contribution in [1.29, 1.82) is 0 Å². The molecule has 1 atom stereocenters. The third-order valence-corrected chi connectivity index (χ3v) is 12.8. The Morgan fingerprint density at radius 2 is 1.09 bits per heavy atom. The summed E-state index contributed by atoms with van der Waals surface area (Å²) >= 11 is 0. The van der Waals surface area contributed by atoms with Gasteiger partial charge in [0, 0.05) is 5.44 Å². The standard InChI is InChI=1S/C31H37BO2Si/c1-6-7-8-18-25-29(32-33-30(2,3)31(4,5)34-32)35(26-19-12-9-13-20-26,27-21-14-10-15-22-27)28-23-16-11-17-24-28/h7-25,29H,6H2,1-5H3/b8-7-,25-18+. The van der Waals surface area contributed by atoms with E-state index in [0.717, 1.165) is 6.42 Å². The van der Waals surface area contributed by atoms with Crippen molar-refractivity contribution in [2.24, 2.45) is 0 Å². The van der Waals surface area contributed by atoms with E-state index in [0.29, 0.717) is 0 Å². The second-order valence-electron chi connectivity index (χ2n) is 10.3. The van der Waals surface area contributed by atoms with Gasteiger partial charge in [-0.2, -0.15) is 0 Å². The molecular weight excluding hydrogens is 443 g/mol. The summed E-state index contributed by atoms with van der Waals surface area (Å²) in [5.41, 5.74) is -0.808. The molecule has 1 fully saturated rings. The number of rotatable bonds is 8. The fourth-order valence-corrected chi connectivity index (χ4v) is 10.3. The van der Waals surface area contributed by atoms with Crippen molar-refractivity contribution in [3.8, 4) is 0 Å². The summed E-state index contributed by atoms with van der Waals surface area (Å²) in [5.74, 6) is 0. The summed E-state index contributed by atoms with van der Waals surface area (Å²) in [4.78, 5) is 0. The zero-order chi connectivity index (χ0) is 24.9. The van der Waals surface area contributed by atoms with E-state index in [-0.39, 0.29) is 12.6 Å². The van der Waals surface area contributed by atoms with Crippen LogP contribution in [0.25, 0.3) is 0 Å². The monoisotopic (exact) mass is 480 g/mol. The molecule has 1 aliphatic heterocycles. The molecule has 1 unspecified atom stereocenters. The minimum Gasteiger partial charge on any atom is -0.403 e. The lowest BCUT2D eigenvalue weighted by Crippen LogP contribution is -2.72. The molecule has 0 radical (unpaired) electrons. The summed E-state index contributed by atoms with van der Waals surface area (Å²) in [7, 11) is -3.05. The maximum atomic E-state index is 6.79. The first-order chi connectivity index (χ1) is 16.8. The lowest BCUT2D eigenvalue weighted by molar-refractivity contribution is 0.00578. The zero-order valence-corrected chi connectivity index (χ0v) is 22.6. The minimum atomic E-state index is -2.67. The van der Waals surface area contributed by atoms with E-state index in [1.807, 2.05) is 0 Å². The lowest BCUT2D eigenvalue weighted by atomic mass is 9.83. The summed E-state index contributed by atoms with van der Waals surface area (Å²) < 4.78 is 13.6. The summed E-state index contributed by atoms with van der Waals surface area (Å²) in [6.07, 6.45) is 9.88. The van der Waals surface area contributed by atoms with Crippen LogP contribution in [0.2, 0.25) is 5.44 Å². The molecule has 0 spiro atoms. The summed E-state index contributed by atoms with van der Waals surface area (Å²) in [6.45, 7) is 10.7. The van der Waals surface area contributed by atoms with Crippen LogP contribution in [0.1, 0.15) is 41.0 Å². The molecule has 0 saturated carbocycles. The van der Waals surface area contributed by atoms with Gasteiger partial charge in [0.1, 0.15) is 0 Å². The van der Waals surface area contributed by atoms with Crippen molar-refractivity contribution in [3.63, 3.8) is 0 Å². The van der Waals surface area contributed by atoms with Crippen LogP contribution in [0.5, 0.6) is 0 Å². The Morgan fingerprint density at radius 1 is 0.686 bits per heavy atom. The molecule has 0 aromatic heterocycles. The Kier molecular flexibility index (Phi) is 7.65. The van der Waals surface area contributed by atoms with Crippen molar-refractivity contribution >= 4 is 30.8 Å². The highest BCUT2D eigenvalue weighted by Gasteiger charge is 2.59. The molecule has 1 saturated heterocycles. The molecule has 4 heteroatoms. The minimum absolute atomic E-state index is 0.0113. The van der Waals surface area contributed by atoms with Gasteiger partial charge in [-0.15, -0.1) is 0 Å². The molecule has 0 N–H and O–H groups in total. The van der Waals surface area contributed by atoms with Gasteiger partial charge in [-0.1, -0.05) is 122 Å². The van der Waals surface area contributed by atoms with Crippen LogP contribution in [-0.4, -0.2) is 26.4 Å². The van der Waals surface area contributed by atoms with Gasteiger partial charge >= 0.3 is 7.12 Å². The van der Waals surface area contributed by atoms with Gasteiger partial charge < -0.3 is 9.31 Å². The van der Waals surface area contributed by atoms with Crippen LogP contribution in [-0.2, 0) is 9.31 Å². The fraction of sp³-hybridized carbons (Fsp3) is 0.290. The quantitative estimate of drug-likeness (QED) is 0.235. The van der Waals surface area contributed by atoms with E-state index in [1.165, 1.54) is 15.6 Å². The first-order valence-electron chi connectivity index (χ1n) is 12.7. The van der Waals surface area contributed by atoms with Gasteiger partial charge in [-0.05, 0) is 49.7 Å². The van der Waals surface area contributed by atoms with E-state index in [9.17, 15) is 0 Å². The highest BCUT2D eigenvalue weighted by molar-refractivity contribution is 7.16. The van der Waals surface area contributed by atoms with E-state index < -0.39 is 19.3 Å². The van der Waals surface area contributed by atoms with Crippen LogP contribution in [0, 0.1) is 0 Å². The number of benzene rings is 3. The third-order valence-electron chi connectivity index (χ3n) is 7.55. The SMILES string of the molecule is CC/C=C\C=C\C(B1OC(C)(C)C(C)(C)O1)[Si](c1ccccc1)(c1ccccc1)c1ccccc1. The lowest BCUT2D eigenvalue weighted by Gasteiger charge is -2.40. The van der Waals surface area contributed by atoms with Crippen molar-refractivity contribution in [2.75, 3.05) is 0 Å². The molecule has 2 nitrogen and oxygen atoms in total. The van der Waals surface area contributed by atoms with Gasteiger partial charge in [0.15, 0.2) is 8.07 Å². The highest BCUT2D eigenvalue weighted by atomic mass is 28.3. The number of hydrogen-bond donors (Lipinski definition) is 0. The largest absolute Gasteiger partial charge is 0.463 e. The molecule has 1 aliphatic rings. The normalized spacial score (nSPS) is 18.4. The molecule has 1 heterocycles. The second-order valence-corrected chi connectivity index (χ2v) is 14.3. The van der Waals surface area contributed by atoms with E-state index in [4.69, 9.17) is 9.31 Å². The number of hydrogen-bond acceptors (Lipinski definition) is 2. The Labute approximate surface area is 212 Å². The molecule has 180 valence electrons. The zero-order valence-electron chi connectivity index (χ0n) is 21.6. The fourth-order valence-electron chi connectivity index (χ4n) is 5.05. The average molecular weight is 481 g/mol. The maximum Gasteiger partial charge on any atom is 0.463 e. The molecular formula is C31H37BO2Si. The number of allylic oxidation sites excluding steroid dienone is 4. The summed E-state index contributed by atoms with van der Waals surface area (Å²) in [5, 5.41) is 4.05. The van der Waals surface area contributed by atoms with Crippen molar-refractivity contribution in [1.82, 2.24) is 0 Å². The van der Waals surface area contributed by atoms with E-state index in [2.05, 4.69) is 150 Å². The Hall–Kier alpha value is -2.66. The third kappa shape index (κ3) is 4.88. The topological polar surface area (TPSA) is 18.5 Å². The second kappa shape index (κ2) is 10.5. The smallest absolute Gasteiger partial charge is 0.403 e. The van der Waals surface area contributed by atoms with Gasteiger partial charge in [0.25, 0.3) is 0 Å². The van der Waals surface area contributed by atoms with Crippen molar-refractivity contribution in [3.05, 3.63) is 115 Å². The van der Waals surface area contributed by atoms with Gasteiger partial charge in [0.05, 0.1) is 11.2 Å². The molecule has 3 aromatic rings. The van der Waals surface area contributed by atoms with Crippen LogP contribution in [0.3, 0.4) is 0 Å². The van der Waals surface area contributed by atoms with Crippen molar-refractivity contribution < 1.29 is 9.31 Å². The van der Waals surface area contributed by atoms with Gasteiger partial charge in [-0.3, -0.25) is 0 Å².